The molecule has 0 amide bonds. The number of primary sulfonamides is 1. The first-order valence-corrected chi connectivity index (χ1v) is 11.9. The minimum absolute atomic E-state index is 0.226. The lowest BCUT2D eigenvalue weighted by Crippen LogP contribution is -2.28. The lowest BCUT2D eigenvalue weighted by atomic mass is 9.84. The monoisotopic (exact) mass is 469 g/mol. The molecule has 3 N–H and O–H groups in total. The Kier molecular flexibility index (Phi) is 6.76. The standard InChI is InChI=1S/C24H27N3O5S/c1-24(2,3)20-14-19(27-12-11-21(28)26-23(27)29)13-18(22(20)32-4)10-9-16-5-7-17(8-6-16)15-33(25,30)31/h5-14H,15H2,1-4H3,(H2,25,30,31)(H,26,28,29)/b10-9+. The van der Waals surface area contributed by atoms with Crippen molar-refractivity contribution in [3.8, 4) is 11.4 Å². The lowest BCUT2D eigenvalue weighted by Gasteiger charge is -2.25. The summed E-state index contributed by atoms with van der Waals surface area (Å²) >= 11 is 0. The van der Waals surface area contributed by atoms with Gasteiger partial charge in [0.25, 0.3) is 5.56 Å². The molecule has 0 aliphatic heterocycles. The molecule has 0 saturated carbocycles. The summed E-state index contributed by atoms with van der Waals surface area (Å²) in [6.07, 6.45) is 5.17. The highest BCUT2D eigenvalue weighted by Gasteiger charge is 2.22. The van der Waals surface area contributed by atoms with Crippen molar-refractivity contribution in [2.24, 2.45) is 5.14 Å². The number of ether oxygens (including phenoxy) is 1. The van der Waals surface area contributed by atoms with Gasteiger partial charge in [0.1, 0.15) is 5.75 Å². The number of aromatic nitrogens is 2. The van der Waals surface area contributed by atoms with Gasteiger partial charge >= 0.3 is 5.69 Å². The lowest BCUT2D eigenvalue weighted by molar-refractivity contribution is 0.396. The van der Waals surface area contributed by atoms with E-state index in [4.69, 9.17) is 9.88 Å². The third-order valence-corrected chi connectivity index (χ3v) is 5.76. The Hall–Kier alpha value is -3.43. The number of benzene rings is 2. The fourth-order valence-corrected chi connectivity index (χ4v) is 4.10. The number of hydrogen-bond acceptors (Lipinski definition) is 5. The molecule has 3 rings (SSSR count). The zero-order valence-corrected chi connectivity index (χ0v) is 19.8. The first-order chi connectivity index (χ1) is 15.4. The summed E-state index contributed by atoms with van der Waals surface area (Å²) in [6.45, 7) is 6.13. The van der Waals surface area contributed by atoms with E-state index in [9.17, 15) is 18.0 Å². The Bertz CT molecular complexity index is 1410. The van der Waals surface area contributed by atoms with E-state index in [-0.39, 0.29) is 11.2 Å². The van der Waals surface area contributed by atoms with Crippen LogP contribution < -0.4 is 21.1 Å². The summed E-state index contributed by atoms with van der Waals surface area (Å²) in [5.41, 5.74) is 2.38. The van der Waals surface area contributed by atoms with E-state index in [0.717, 1.165) is 16.7 Å². The third-order valence-electron chi connectivity index (χ3n) is 5.02. The van der Waals surface area contributed by atoms with Crippen molar-refractivity contribution in [2.75, 3.05) is 7.11 Å². The van der Waals surface area contributed by atoms with Crippen LogP contribution in [0.15, 0.2) is 58.3 Å². The Balaban J connectivity index is 2.10. The van der Waals surface area contributed by atoms with Crippen LogP contribution in [0.2, 0.25) is 0 Å². The van der Waals surface area contributed by atoms with Crippen molar-refractivity contribution in [1.82, 2.24) is 9.55 Å². The van der Waals surface area contributed by atoms with Crippen LogP contribution in [-0.4, -0.2) is 25.1 Å². The van der Waals surface area contributed by atoms with E-state index in [2.05, 4.69) is 4.98 Å². The molecule has 0 unspecified atom stereocenters. The Morgan fingerprint density at radius 2 is 1.73 bits per heavy atom. The van der Waals surface area contributed by atoms with Crippen LogP contribution in [0.1, 0.15) is 43.0 Å². The van der Waals surface area contributed by atoms with Crippen molar-refractivity contribution >= 4 is 22.2 Å². The average Bonchev–Trinajstić information content (AvgIpc) is 2.71. The van der Waals surface area contributed by atoms with E-state index in [1.165, 1.54) is 16.8 Å². The number of methoxy groups -OCH3 is 1. The molecule has 0 bridgehead atoms. The molecule has 33 heavy (non-hydrogen) atoms. The minimum atomic E-state index is -3.59. The van der Waals surface area contributed by atoms with Crippen LogP contribution >= 0.6 is 0 Å². The van der Waals surface area contributed by atoms with Crippen LogP contribution in [0.5, 0.6) is 5.75 Å². The maximum Gasteiger partial charge on any atom is 0.332 e. The van der Waals surface area contributed by atoms with Crippen LogP contribution in [0, 0.1) is 0 Å². The highest BCUT2D eigenvalue weighted by molar-refractivity contribution is 7.88. The maximum absolute atomic E-state index is 12.4. The van der Waals surface area contributed by atoms with Gasteiger partial charge in [0, 0.05) is 23.4 Å². The SMILES string of the molecule is COc1c(/C=C/c2ccc(CS(N)(=O)=O)cc2)cc(-n2ccc(=O)[nH]c2=O)cc1C(C)(C)C. The first-order valence-electron chi connectivity index (χ1n) is 10.2. The molecule has 0 aliphatic rings. The quantitative estimate of drug-likeness (QED) is 0.537. The Morgan fingerprint density at radius 1 is 1.06 bits per heavy atom. The van der Waals surface area contributed by atoms with Crippen LogP contribution in [0.4, 0.5) is 0 Å². The molecule has 9 heteroatoms. The second-order valence-electron chi connectivity index (χ2n) is 8.73. The van der Waals surface area contributed by atoms with Crippen LogP contribution in [0.25, 0.3) is 17.8 Å². The van der Waals surface area contributed by atoms with Crippen molar-refractivity contribution in [3.63, 3.8) is 0 Å². The largest absolute Gasteiger partial charge is 0.496 e. The topological polar surface area (TPSA) is 124 Å². The molecular weight excluding hydrogens is 442 g/mol. The van der Waals surface area contributed by atoms with E-state index in [1.54, 1.807) is 37.4 Å². The predicted octanol–water partition coefficient (Wildman–Crippen LogP) is 2.79. The van der Waals surface area contributed by atoms with Crippen LogP contribution in [-0.2, 0) is 21.2 Å². The van der Waals surface area contributed by atoms with Crippen molar-refractivity contribution in [3.05, 3.63) is 91.8 Å². The van der Waals surface area contributed by atoms with Gasteiger partial charge in [0.2, 0.25) is 10.0 Å². The second-order valence-corrected chi connectivity index (χ2v) is 10.3. The number of aromatic amines is 1. The fraction of sp³-hybridized carbons (Fsp3) is 0.250. The highest BCUT2D eigenvalue weighted by Crippen LogP contribution is 2.37. The molecule has 3 aromatic rings. The first kappa shape index (κ1) is 24.2. The number of H-pyrrole nitrogens is 1. The number of hydrogen-bond donors (Lipinski definition) is 2. The van der Waals surface area contributed by atoms with Gasteiger partial charge in [-0.3, -0.25) is 14.3 Å². The predicted molar refractivity (Wildman–Crippen MR) is 130 cm³/mol. The van der Waals surface area contributed by atoms with Crippen molar-refractivity contribution < 1.29 is 13.2 Å². The van der Waals surface area contributed by atoms with Gasteiger partial charge in [-0.1, -0.05) is 57.2 Å². The Morgan fingerprint density at radius 3 is 2.27 bits per heavy atom. The molecule has 0 fully saturated rings. The summed E-state index contributed by atoms with van der Waals surface area (Å²) in [5.74, 6) is 0.446. The molecule has 0 aliphatic carbocycles. The summed E-state index contributed by atoms with van der Waals surface area (Å²) in [5, 5.41) is 5.10. The van der Waals surface area contributed by atoms with E-state index >= 15 is 0 Å². The summed E-state index contributed by atoms with van der Waals surface area (Å²) in [6, 6.07) is 12.0. The van der Waals surface area contributed by atoms with Crippen LogP contribution in [0.3, 0.4) is 0 Å². The normalized spacial score (nSPS) is 12.3. The molecular formula is C24H27N3O5S. The summed E-state index contributed by atoms with van der Waals surface area (Å²) < 4.78 is 29.7. The number of nitrogens with one attached hydrogen (secondary N) is 1. The molecule has 0 radical (unpaired) electrons. The number of nitrogens with zero attached hydrogens (tertiary/aromatic N) is 1. The number of sulfonamides is 1. The molecule has 8 nitrogen and oxygen atoms in total. The van der Waals surface area contributed by atoms with Gasteiger partial charge in [-0.15, -0.1) is 0 Å². The van der Waals surface area contributed by atoms with Gasteiger partial charge < -0.3 is 4.74 Å². The number of nitrogens with two attached hydrogens (primary N) is 1. The molecule has 2 aromatic carbocycles. The second kappa shape index (κ2) is 9.21. The minimum Gasteiger partial charge on any atom is -0.496 e. The van der Waals surface area contributed by atoms with E-state index < -0.39 is 21.3 Å². The zero-order valence-electron chi connectivity index (χ0n) is 19.0. The molecule has 0 atom stereocenters. The molecule has 1 aromatic heterocycles. The van der Waals surface area contributed by atoms with Gasteiger partial charge in [-0.2, -0.15) is 0 Å². The summed E-state index contributed by atoms with van der Waals surface area (Å²) in [4.78, 5) is 26.1. The summed E-state index contributed by atoms with van der Waals surface area (Å²) in [7, 11) is -2.00. The third kappa shape index (κ3) is 6.09. The zero-order chi connectivity index (χ0) is 24.4. The smallest absolute Gasteiger partial charge is 0.332 e. The van der Waals surface area contributed by atoms with Gasteiger partial charge in [0.05, 0.1) is 18.6 Å². The maximum atomic E-state index is 12.4. The van der Waals surface area contributed by atoms with Gasteiger partial charge in [-0.05, 0) is 28.7 Å². The molecule has 0 saturated heterocycles. The fourth-order valence-electron chi connectivity index (χ4n) is 3.45. The average molecular weight is 470 g/mol. The van der Waals surface area contributed by atoms with E-state index in [0.29, 0.717) is 17.0 Å². The van der Waals surface area contributed by atoms with E-state index in [1.807, 2.05) is 39.0 Å². The van der Waals surface area contributed by atoms with Gasteiger partial charge in [0.15, 0.2) is 0 Å². The van der Waals surface area contributed by atoms with Crippen molar-refractivity contribution in [2.45, 2.75) is 31.9 Å². The number of rotatable bonds is 6. The Labute approximate surface area is 192 Å². The molecule has 174 valence electrons. The van der Waals surface area contributed by atoms with Crippen molar-refractivity contribution in [1.29, 1.82) is 0 Å². The molecule has 1 heterocycles. The highest BCUT2D eigenvalue weighted by atomic mass is 32.2. The van der Waals surface area contributed by atoms with Gasteiger partial charge in [-0.25, -0.2) is 18.4 Å². The molecule has 0 spiro atoms.